The summed E-state index contributed by atoms with van der Waals surface area (Å²) in [6.45, 7) is -0.0981. The van der Waals surface area contributed by atoms with E-state index in [1.54, 1.807) is 60.9 Å². The first-order valence-corrected chi connectivity index (χ1v) is 14.2. The van der Waals surface area contributed by atoms with E-state index < -0.39 is 28.5 Å². The monoisotopic (exact) mass is 602 g/mol. The van der Waals surface area contributed by atoms with Crippen LogP contribution in [0.15, 0.2) is 73.1 Å². The number of benzene rings is 2. The van der Waals surface area contributed by atoms with Crippen molar-refractivity contribution in [1.29, 1.82) is 0 Å². The van der Waals surface area contributed by atoms with E-state index >= 15 is 0 Å². The molecule has 1 aliphatic carbocycles. The Balaban J connectivity index is 1.31. The molecule has 5 aromatic rings. The minimum absolute atomic E-state index is 0.00912. The van der Waals surface area contributed by atoms with Gasteiger partial charge in [0.15, 0.2) is 0 Å². The number of carbonyl (C=O) groups excluding carboxylic acids is 1. The fourth-order valence-electron chi connectivity index (χ4n) is 5.46. The number of nitrogens with one attached hydrogen (secondary N) is 1. The number of aromatic nitrogens is 2. The van der Waals surface area contributed by atoms with Gasteiger partial charge in [0.25, 0.3) is 5.09 Å². The minimum Gasteiger partial charge on any atom is -0.494 e. The lowest BCUT2D eigenvalue weighted by molar-refractivity contribution is -0.770. The molecule has 1 fully saturated rings. The SMILES string of the molecule is O=C(Nc1cc2ccncc2s1)[C@H](Cn1c(O)c2ccccc2c1O)c1ccc(C[C@H](O[N+](=O)[O-])C2(C(=O)O)CC2)cc1. The predicted octanol–water partition coefficient (Wildman–Crippen LogP) is 5.07. The Kier molecular flexibility index (Phi) is 7.10. The van der Waals surface area contributed by atoms with E-state index in [1.165, 1.54) is 15.9 Å². The molecule has 3 aromatic heterocycles. The number of anilines is 1. The molecule has 2 aromatic carbocycles. The van der Waals surface area contributed by atoms with Crippen molar-refractivity contribution in [3.05, 3.63) is 94.3 Å². The molecule has 0 radical (unpaired) electrons. The van der Waals surface area contributed by atoms with E-state index in [9.17, 15) is 35.0 Å². The van der Waals surface area contributed by atoms with Gasteiger partial charge in [0, 0.05) is 36.1 Å². The van der Waals surface area contributed by atoms with Crippen molar-refractivity contribution < 1.29 is 34.8 Å². The third kappa shape index (κ3) is 5.30. The summed E-state index contributed by atoms with van der Waals surface area (Å²) in [6.07, 6.45) is 2.77. The number of rotatable bonds is 11. The number of carboxylic acids is 1. The van der Waals surface area contributed by atoms with Gasteiger partial charge in [-0.15, -0.1) is 21.5 Å². The number of hydrogen-bond donors (Lipinski definition) is 4. The molecule has 13 heteroatoms. The van der Waals surface area contributed by atoms with Crippen molar-refractivity contribution in [1.82, 2.24) is 9.55 Å². The second-order valence-corrected chi connectivity index (χ2v) is 11.7. The van der Waals surface area contributed by atoms with Crippen LogP contribution in [0.25, 0.3) is 20.9 Å². The molecule has 1 amide bonds. The molecule has 43 heavy (non-hydrogen) atoms. The highest BCUT2D eigenvalue weighted by atomic mass is 32.1. The number of fused-ring (bicyclic) bond motifs is 2. The molecular weight excluding hydrogens is 576 g/mol. The lowest BCUT2D eigenvalue weighted by Gasteiger charge is -2.22. The Morgan fingerprint density at radius 3 is 2.35 bits per heavy atom. The van der Waals surface area contributed by atoms with Crippen molar-refractivity contribution in [2.24, 2.45) is 5.41 Å². The summed E-state index contributed by atoms with van der Waals surface area (Å²) in [6, 6.07) is 17.2. The first-order valence-electron chi connectivity index (χ1n) is 13.4. The minimum atomic E-state index is -1.31. The molecule has 0 unspecified atom stereocenters. The molecule has 0 bridgehead atoms. The number of carbonyl (C=O) groups is 2. The molecule has 1 saturated carbocycles. The largest absolute Gasteiger partial charge is 0.494 e. The topological polar surface area (TPSA) is 177 Å². The number of hydrogen-bond acceptors (Lipinski definition) is 9. The number of thiophene rings is 1. The van der Waals surface area contributed by atoms with Crippen LogP contribution < -0.4 is 5.32 Å². The molecule has 6 rings (SSSR count). The second kappa shape index (κ2) is 10.9. The summed E-state index contributed by atoms with van der Waals surface area (Å²) in [7, 11) is 0. The Labute approximate surface area is 247 Å². The Morgan fingerprint density at radius 2 is 1.77 bits per heavy atom. The van der Waals surface area contributed by atoms with Gasteiger partial charge in [-0.25, -0.2) is 0 Å². The number of pyridine rings is 1. The Hall–Kier alpha value is -5.17. The lowest BCUT2D eigenvalue weighted by atomic mass is 9.91. The summed E-state index contributed by atoms with van der Waals surface area (Å²) in [5, 5.41) is 47.0. The van der Waals surface area contributed by atoms with E-state index in [4.69, 9.17) is 4.84 Å². The second-order valence-electron chi connectivity index (χ2n) is 10.6. The van der Waals surface area contributed by atoms with Gasteiger partial charge in [-0.3, -0.25) is 19.1 Å². The maximum atomic E-state index is 13.8. The predicted molar refractivity (Wildman–Crippen MR) is 158 cm³/mol. The third-order valence-corrected chi connectivity index (χ3v) is 9.02. The third-order valence-electron chi connectivity index (χ3n) is 8.02. The molecule has 0 aliphatic heterocycles. The molecule has 2 atom stereocenters. The number of carboxylic acid groups (broad SMARTS) is 1. The number of aromatic hydroxyl groups is 2. The Morgan fingerprint density at radius 1 is 1.09 bits per heavy atom. The highest BCUT2D eigenvalue weighted by Crippen LogP contribution is 2.51. The number of aliphatic carboxylic acids is 1. The van der Waals surface area contributed by atoms with Crippen LogP contribution in [0.1, 0.15) is 29.9 Å². The van der Waals surface area contributed by atoms with Crippen molar-refractivity contribution in [2.75, 3.05) is 5.32 Å². The van der Waals surface area contributed by atoms with Crippen LogP contribution in [-0.2, 0) is 27.4 Å². The Bertz CT molecular complexity index is 1790. The van der Waals surface area contributed by atoms with E-state index in [2.05, 4.69) is 10.3 Å². The van der Waals surface area contributed by atoms with Gasteiger partial charge >= 0.3 is 5.97 Å². The van der Waals surface area contributed by atoms with Crippen LogP contribution >= 0.6 is 11.3 Å². The average molecular weight is 603 g/mol. The standard InChI is InChI=1S/C30H26N4O8S/c35-26(32-25-14-19-9-12-31-15-23(19)43-25)22(16-33-27(36)20-3-1-2-4-21(20)28(33)37)18-7-5-17(6-8-18)13-24(42-34(40)41)30(10-11-30)29(38)39/h1-9,12,14-15,22,24,36-37H,10-11,13,16H2,(H,32,35)(H,38,39)/t22-,24+/m1/s1. The maximum absolute atomic E-state index is 13.8. The summed E-state index contributed by atoms with van der Waals surface area (Å²) in [5.74, 6) is -2.77. The van der Waals surface area contributed by atoms with Gasteiger partial charge in [0.1, 0.15) is 6.10 Å². The molecule has 4 N–H and O–H groups in total. The fourth-order valence-corrected chi connectivity index (χ4v) is 6.39. The smallest absolute Gasteiger partial charge is 0.311 e. The van der Waals surface area contributed by atoms with E-state index in [0.717, 1.165) is 10.1 Å². The van der Waals surface area contributed by atoms with Crippen LogP contribution in [-0.4, -0.2) is 47.9 Å². The van der Waals surface area contributed by atoms with Gasteiger partial charge in [-0.2, -0.15) is 0 Å². The number of nitrogens with zero attached hydrogens (tertiary/aromatic N) is 3. The molecule has 0 saturated heterocycles. The molecule has 3 heterocycles. The van der Waals surface area contributed by atoms with Gasteiger partial charge in [-0.05, 0) is 53.6 Å². The van der Waals surface area contributed by atoms with Crippen LogP contribution in [0.4, 0.5) is 5.00 Å². The summed E-state index contributed by atoms with van der Waals surface area (Å²) in [4.78, 5) is 45.6. The first-order chi connectivity index (χ1) is 20.7. The molecule has 1 aliphatic rings. The summed E-state index contributed by atoms with van der Waals surface area (Å²) in [5.41, 5.74) is -0.164. The summed E-state index contributed by atoms with van der Waals surface area (Å²) < 4.78 is 2.18. The molecule has 0 spiro atoms. The van der Waals surface area contributed by atoms with Crippen LogP contribution in [0.2, 0.25) is 0 Å². The number of amides is 1. The van der Waals surface area contributed by atoms with Crippen molar-refractivity contribution in [2.45, 2.75) is 37.8 Å². The van der Waals surface area contributed by atoms with Crippen molar-refractivity contribution >= 4 is 49.1 Å². The molecule has 12 nitrogen and oxygen atoms in total. The van der Waals surface area contributed by atoms with Gasteiger partial charge in [0.2, 0.25) is 17.7 Å². The lowest BCUT2D eigenvalue weighted by Crippen LogP contribution is -2.36. The first kappa shape index (κ1) is 28.0. The fraction of sp³-hybridized carbons (Fsp3) is 0.233. The summed E-state index contributed by atoms with van der Waals surface area (Å²) >= 11 is 1.36. The van der Waals surface area contributed by atoms with Crippen LogP contribution in [0.5, 0.6) is 11.8 Å². The quantitative estimate of drug-likeness (QED) is 0.119. The molecule has 220 valence electrons. The average Bonchev–Trinajstić information content (AvgIpc) is 3.65. The van der Waals surface area contributed by atoms with Gasteiger partial charge in [0.05, 0.1) is 21.0 Å². The van der Waals surface area contributed by atoms with Crippen molar-refractivity contribution in [3.8, 4) is 11.8 Å². The zero-order valence-electron chi connectivity index (χ0n) is 22.5. The van der Waals surface area contributed by atoms with E-state index in [0.29, 0.717) is 26.9 Å². The maximum Gasteiger partial charge on any atom is 0.311 e. The van der Waals surface area contributed by atoms with Gasteiger partial charge in [-0.1, -0.05) is 36.4 Å². The zero-order valence-corrected chi connectivity index (χ0v) is 23.4. The molecular formula is C30H26N4O8S. The van der Waals surface area contributed by atoms with E-state index in [1.807, 2.05) is 12.1 Å². The van der Waals surface area contributed by atoms with Crippen LogP contribution in [0.3, 0.4) is 0 Å². The van der Waals surface area contributed by atoms with Crippen molar-refractivity contribution in [3.63, 3.8) is 0 Å². The van der Waals surface area contributed by atoms with Crippen LogP contribution in [0, 0.1) is 15.5 Å². The van der Waals surface area contributed by atoms with E-state index in [-0.39, 0.29) is 43.5 Å². The highest BCUT2D eigenvalue weighted by molar-refractivity contribution is 7.22. The zero-order chi connectivity index (χ0) is 30.3. The van der Waals surface area contributed by atoms with Gasteiger partial charge < -0.3 is 25.5 Å². The highest BCUT2D eigenvalue weighted by Gasteiger charge is 2.58. The normalized spacial score (nSPS) is 15.2.